The molecule has 6 heteroatoms. The van der Waals surface area contributed by atoms with Crippen molar-refractivity contribution in [1.82, 2.24) is 15.0 Å². The molecule has 2 saturated carbocycles. The summed E-state index contributed by atoms with van der Waals surface area (Å²) < 4.78 is 1.62. The van der Waals surface area contributed by atoms with Crippen molar-refractivity contribution in [3.05, 3.63) is 11.4 Å². The molecule has 0 aromatic carbocycles. The Kier molecular flexibility index (Phi) is 2.62. The highest BCUT2D eigenvalue weighted by Crippen LogP contribution is 2.42. The summed E-state index contributed by atoms with van der Waals surface area (Å²) in [6.45, 7) is 0.374. The van der Waals surface area contributed by atoms with Crippen molar-refractivity contribution >= 4 is 5.97 Å². The van der Waals surface area contributed by atoms with Crippen LogP contribution >= 0.6 is 0 Å². The Balaban J connectivity index is 1.89. The Labute approximate surface area is 105 Å². The molecule has 1 aromatic heterocycles. The van der Waals surface area contributed by atoms with Gasteiger partial charge in [-0.25, -0.2) is 9.48 Å². The number of aromatic nitrogens is 3. The van der Waals surface area contributed by atoms with Gasteiger partial charge in [-0.3, -0.25) is 0 Å². The topological polar surface area (TPSA) is 88.2 Å². The Bertz CT molecular complexity index is 473. The van der Waals surface area contributed by atoms with E-state index in [1.807, 2.05) is 0 Å². The second-order valence-electron chi connectivity index (χ2n) is 5.49. The van der Waals surface area contributed by atoms with Gasteiger partial charge in [-0.2, -0.15) is 0 Å². The highest BCUT2D eigenvalue weighted by molar-refractivity contribution is 5.86. The summed E-state index contributed by atoms with van der Waals surface area (Å²) in [7, 11) is 0. The number of carboxylic acid groups (broad SMARTS) is 1. The first kappa shape index (κ1) is 11.6. The number of rotatable bonds is 4. The first-order valence-corrected chi connectivity index (χ1v) is 6.48. The average molecular weight is 251 g/mol. The van der Waals surface area contributed by atoms with Gasteiger partial charge in [0.05, 0.1) is 17.8 Å². The molecule has 6 nitrogen and oxygen atoms in total. The largest absolute Gasteiger partial charge is 0.476 e. The van der Waals surface area contributed by atoms with E-state index in [1.165, 1.54) is 0 Å². The summed E-state index contributed by atoms with van der Waals surface area (Å²) >= 11 is 0. The summed E-state index contributed by atoms with van der Waals surface area (Å²) in [5.74, 6) is -0.766. The van der Waals surface area contributed by atoms with Crippen LogP contribution in [0.2, 0.25) is 0 Å². The predicted molar refractivity (Wildman–Crippen MR) is 62.4 cm³/mol. The summed E-state index contributed by atoms with van der Waals surface area (Å²) in [5, 5.41) is 27.2. The van der Waals surface area contributed by atoms with Gasteiger partial charge in [-0.05, 0) is 25.7 Å². The fourth-order valence-corrected chi connectivity index (χ4v) is 2.82. The van der Waals surface area contributed by atoms with Crippen LogP contribution in [0.3, 0.4) is 0 Å². The van der Waals surface area contributed by atoms with Gasteiger partial charge in [0.25, 0.3) is 0 Å². The summed E-state index contributed by atoms with van der Waals surface area (Å²) in [6, 6.07) is 0. The zero-order chi connectivity index (χ0) is 12.8. The molecule has 2 aliphatic carbocycles. The first-order valence-electron chi connectivity index (χ1n) is 6.48. The van der Waals surface area contributed by atoms with Gasteiger partial charge in [-0.1, -0.05) is 18.1 Å². The molecule has 98 valence electrons. The molecule has 0 bridgehead atoms. The molecule has 2 fully saturated rings. The molecular formula is C12H17N3O3. The van der Waals surface area contributed by atoms with Crippen LogP contribution in [0.15, 0.2) is 0 Å². The minimum atomic E-state index is -1.03. The Hall–Kier alpha value is -1.43. The maximum absolute atomic E-state index is 11.1. The zero-order valence-electron chi connectivity index (χ0n) is 10.2. The molecule has 0 aliphatic heterocycles. The predicted octanol–water partition coefficient (Wildman–Crippen LogP) is 1.16. The van der Waals surface area contributed by atoms with Crippen molar-refractivity contribution in [2.24, 2.45) is 0 Å². The van der Waals surface area contributed by atoms with Crippen LogP contribution in [-0.4, -0.2) is 36.8 Å². The third-order valence-corrected chi connectivity index (χ3v) is 3.92. The number of carbonyl (C=O) groups is 1. The molecule has 18 heavy (non-hydrogen) atoms. The van der Waals surface area contributed by atoms with Gasteiger partial charge >= 0.3 is 5.97 Å². The van der Waals surface area contributed by atoms with Crippen LogP contribution in [0.5, 0.6) is 0 Å². The Morgan fingerprint density at radius 2 is 2.06 bits per heavy atom. The van der Waals surface area contributed by atoms with Gasteiger partial charge < -0.3 is 10.2 Å². The van der Waals surface area contributed by atoms with Crippen molar-refractivity contribution in [3.63, 3.8) is 0 Å². The van der Waals surface area contributed by atoms with E-state index < -0.39 is 11.6 Å². The van der Waals surface area contributed by atoms with E-state index in [2.05, 4.69) is 10.3 Å². The lowest BCUT2D eigenvalue weighted by Gasteiger charge is -2.22. The van der Waals surface area contributed by atoms with E-state index in [-0.39, 0.29) is 11.6 Å². The van der Waals surface area contributed by atoms with E-state index >= 15 is 0 Å². The van der Waals surface area contributed by atoms with Crippen LogP contribution in [0.25, 0.3) is 0 Å². The molecular weight excluding hydrogens is 234 g/mol. The van der Waals surface area contributed by atoms with Crippen molar-refractivity contribution in [1.29, 1.82) is 0 Å². The van der Waals surface area contributed by atoms with Crippen LogP contribution in [0.1, 0.15) is 60.6 Å². The van der Waals surface area contributed by atoms with Gasteiger partial charge in [0.2, 0.25) is 0 Å². The molecule has 2 aliphatic rings. The molecule has 0 spiro atoms. The van der Waals surface area contributed by atoms with Crippen LogP contribution in [-0.2, 0) is 6.54 Å². The lowest BCUT2D eigenvalue weighted by molar-refractivity contribution is 0.0251. The number of hydrogen-bond donors (Lipinski definition) is 2. The van der Waals surface area contributed by atoms with Crippen molar-refractivity contribution in [3.8, 4) is 0 Å². The SMILES string of the molecule is O=C(O)c1nnn(CC2(O)CCCC2)c1C1CC1. The number of carboxylic acids is 1. The van der Waals surface area contributed by atoms with E-state index in [0.29, 0.717) is 12.2 Å². The van der Waals surface area contributed by atoms with Crippen molar-refractivity contribution in [2.45, 2.75) is 56.6 Å². The highest BCUT2D eigenvalue weighted by atomic mass is 16.4. The van der Waals surface area contributed by atoms with Crippen LogP contribution in [0, 0.1) is 0 Å². The van der Waals surface area contributed by atoms with Gasteiger partial charge in [0, 0.05) is 5.92 Å². The molecule has 0 amide bonds. The second kappa shape index (κ2) is 4.05. The number of aromatic carboxylic acids is 1. The second-order valence-corrected chi connectivity index (χ2v) is 5.49. The van der Waals surface area contributed by atoms with Crippen molar-refractivity contribution < 1.29 is 15.0 Å². The molecule has 1 aromatic rings. The number of hydrogen-bond acceptors (Lipinski definition) is 4. The molecule has 0 atom stereocenters. The molecule has 1 heterocycles. The van der Waals surface area contributed by atoms with Crippen LogP contribution < -0.4 is 0 Å². The average Bonchev–Trinajstić information content (AvgIpc) is 2.93. The van der Waals surface area contributed by atoms with E-state index in [9.17, 15) is 9.90 Å². The molecule has 0 unspecified atom stereocenters. The standard InChI is InChI=1S/C12H17N3O3/c16-11(17)9-10(8-3-4-8)15(14-13-9)7-12(18)5-1-2-6-12/h8,18H,1-7H2,(H,16,17). The fourth-order valence-electron chi connectivity index (χ4n) is 2.82. The van der Waals surface area contributed by atoms with Gasteiger partial charge in [0.15, 0.2) is 5.69 Å². The van der Waals surface area contributed by atoms with Gasteiger partial charge in [0.1, 0.15) is 0 Å². The van der Waals surface area contributed by atoms with Gasteiger partial charge in [-0.15, -0.1) is 5.10 Å². The lowest BCUT2D eigenvalue weighted by atomic mass is 10.0. The maximum Gasteiger partial charge on any atom is 0.358 e. The smallest absolute Gasteiger partial charge is 0.358 e. The van der Waals surface area contributed by atoms with E-state index in [1.54, 1.807) is 4.68 Å². The highest BCUT2D eigenvalue weighted by Gasteiger charge is 2.38. The van der Waals surface area contributed by atoms with E-state index in [4.69, 9.17) is 5.11 Å². The Morgan fingerprint density at radius 1 is 1.39 bits per heavy atom. The monoisotopic (exact) mass is 251 g/mol. The fraction of sp³-hybridized carbons (Fsp3) is 0.750. The molecule has 2 N–H and O–H groups in total. The third kappa shape index (κ3) is 2.01. The first-order chi connectivity index (χ1) is 8.59. The van der Waals surface area contributed by atoms with E-state index in [0.717, 1.165) is 38.5 Å². The maximum atomic E-state index is 11.1. The number of nitrogens with zero attached hydrogens (tertiary/aromatic N) is 3. The normalized spacial score (nSPS) is 22.3. The summed E-state index contributed by atoms with van der Waals surface area (Å²) in [6.07, 6.45) is 5.56. The third-order valence-electron chi connectivity index (χ3n) is 3.92. The van der Waals surface area contributed by atoms with Crippen LogP contribution in [0.4, 0.5) is 0 Å². The molecule has 3 rings (SSSR count). The summed E-state index contributed by atoms with van der Waals surface area (Å²) in [4.78, 5) is 11.1. The quantitative estimate of drug-likeness (QED) is 0.838. The minimum Gasteiger partial charge on any atom is -0.476 e. The summed E-state index contributed by atoms with van der Waals surface area (Å²) in [5.41, 5.74) is 0.0227. The minimum absolute atomic E-state index is 0.0547. The molecule has 0 saturated heterocycles. The lowest BCUT2D eigenvalue weighted by Crippen LogP contribution is -2.31. The Morgan fingerprint density at radius 3 is 2.61 bits per heavy atom. The van der Waals surface area contributed by atoms with Crippen molar-refractivity contribution in [2.75, 3.05) is 0 Å². The molecule has 0 radical (unpaired) electrons. The number of aliphatic hydroxyl groups is 1. The zero-order valence-corrected chi connectivity index (χ0v) is 10.2.